The quantitative estimate of drug-likeness (QED) is 0.865. The molecule has 84 valence electrons. The van der Waals surface area contributed by atoms with Crippen LogP contribution in [0, 0.1) is 5.82 Å². The Kier molecular flexibility index (Phi) is 3.62. The van der Waals surface area contributed by atoms with Gasteiger partial charge < -0.3 is 9.84 Å². The zero-order valence-electron chi connectivity index (χ0n) is 7.68. The molecule has 15 heavy (non-hydrogen) atoms. The Morgan fingerprint density at radius 1 is 1.47 bits per heavy atom. The summed E-state index contributed by atoms with van der Waals surface area (Å²) in [5.74, 6) is -0.866. The molecule has 6 heteroatoms. The summed E-state index contributed by atoms with van der Waals surface area (Å²) in [7, 11) is 1.26. The van der Waals surface area contributed by atoms with E-state index >= 15 is 0 Å². The lowest BCUT2D eigenvalue weighted by Crippen LogP contribution is -2.18. The molecular formula is C9H8BrF3O2. The van der Waals surface area contributed by atoms with Crippen molar-refractivity contribution in [3.63, 3.8) is 0 Å². The van der Waals surface area contributed by atoms with Gasteiger partial charge in [0, 0.05) is 0 Å². The molecule has 0 heterocycles. The molecule has 0 fully saturated rings. The number of alkyl halides is 3. The van der Waals surface area contributed by atoms with Crippen molar-refractivity contribution in [2.24, 2.45) is 0 Å². The lowest BCUT2D eigenvalue weighted by molar-refractivity contribution is -0.0296. The number of methoxy groups -OCH3 is 1. The zero-order chi connectivity index (χ0) is 11.6. The first kappa shape index (κ1) is 12.3. The summed E-state index contributed by atoms with van der Waals surface area (Å²) in [6.45, 7) is 0. The number of hydrogen-bond acceptors (Lipinski definition) is 2. The highest BCUT2D eigenvalue weighted by Gasteiger charge is 2.36. The summed E-state index contributed by atoms with van der Waals surface area (Å²) >= 11 is 2.00. The molecule has 1 N–H and O–H groups in total. The minimum Gasteiger partial charge on any atom is -0.494 e. The van der Waals surface area contributed by atoms with Gasteiger partial charge in [-0.25, -0.2) is 4.39 Å². The molecule has 1 aromatic rings. The zero-order valence-corrected chi connectivity index (χ0v) is 9.26. The van der Waals surface area contributed by atoms with Crippen molar-refractivity contribution in [1.29, 1.82) is 0 Å². The molecule has 0 bridgehead atoms. The summed E-state index contributed by atoms with van der Waals surface area (Å²) in [4.78, 5) is -3.49. The molecule has 0 aromatic heterocycles. The van der Waals surface area contributed by atoms with Crippen LogP contribution >= 0.6 is 15.9 Å². The van der Waals surface area contributed by atoms with Gasteiger partial charge in [0.15, 0.2) is 17.7 Å². The van der Waals surface area contributed by atoms with Crippen LogP contribution in [0.3, 0.4) is 0 Å². The maximum absolute atomic E-state index is 13.1. The summed E-state index contributed by atoms with van der Waals surface area (Å²) in [5, 5.41) is 9.14. The molecule has 2 nitrogen and oxygen atoms in total. The lowest BCUT2D eigenvalue weighted by Gasteiger charge is -2.17. The van der Waals surface area contributed by atoms with Crippen molar-refractivity contribution in [2.75, 3.05) is 7.11 Å². The Labute approximate surface area is 92.8 Å². The lowest BCUT2D eigenvalue weighted by atomic mass is 10.1. The number of rotatable bonds is 3. The standard InChI is InChI=1S/C9H8BrF3O2/c1-15-7-3-2-5(4-6(7)11)8(14)9(10,12)13/h2-4,8,14H,1H3. The van der Waals surface area contributed by atoms with E-state index in [4.69, 9.17) is 5.11 Å². The third kappa shape index (κ3) is 2.85. The van der Waals surface area contributed by atoms with Gasteiger partial charge in [-0.05, 0) is 33.6 Å². The first-order valence-corrected chi connectivity index (χ1v) is 4.73. The number of aliphatic hydroxyl groups excluding tert-OH is 1. The van der Waals surface area contributed by atoms with Crippen LogP contribution in [0.15, 0.2) is 18.2 Å². The number of ether oxygens (including phenoxy) is 1. The van der Waals surface area contributed by atoms with Crippen LogP contribution in [0.2, 0.25) is 0 Å². The van der Waals surface area contributed by atoms with Gasteiger partial charge in [0.05, 0.1) is 7.11 Å². The van der Waals surface area contributed by atoms with Gasteiger partial charge in [-0.3, -0.25) is 0 Å². The monoisotopic (exact) mass is 284 g/mol. The van der Waals surface area contributed by atoms with Gasteiger partial charge in [-0.15, -0.1) is 0 Å². The van der Waals surface area contributed by atoms with E-state index in [0.29, 0.717) is 0 Å². The molecule has 1 aromatic carbocycles. The maximum Gasteiger partial charge on any atom is 0.330 e. The van der Waals surface area contributed by atoms with E-state index in [1.807, 2.05) is 15.9 Å². The van der Waals surface area contributed by atoms with Crippen LogP contribution in [-0.4, -0.2) is 17.0 Å². The normalized spacial score (nSPS) is 13.7. The topological polar surface area (TPSA) is 29.5 Å². The Morgan fingerprint density at radius 3 is 2.47 bits per heavy atom. The average Bonchev–Trinajstić information content (AvgIpc) is 2.15. The maximum atomic E-state index is 13.1. The summed E-state index contributed by atoms with van der Waals surface area (Å²) < 4.78 is 43.0. The van der Waals surface area contributed by atoms with Gasteiger partial charge >= 0.3 is 4.83 Å². The Hall–Kier alpha value is -0.750. The second kappa shape index (κ2) is 4.40. The molecule has 0 amide bonds. The molecular weight excluding hydrogens is 277 g/mol. The van der Waals surface area contributed by atoms with Gasteiger partial charge in [0.25, 0.3) is 0 Å². The minimum absolute atomic E-state index is 0.0659. The minimum atomic E-state index is -3.49. The van der Waals surface area contributed by atoms with Gasteiger partial charge in [-0.2, -0.15) is 8.78 Å². The third-order valence-electron chi connectivity index (χ3n) is 1.80. The van der Waals surface area contributed by atoms with Crippen molar-refractivity contribution in [2.45, 2.75) is 10.9 Å². The third-order valence-corrected chi connectivity index (χ3v) is 2.24. The summed E-state index contributed by atoms with van der Waals surface area (Å²) in [6, 6.07) is 3.15. The molecule has 0 spiro atoms. The number of benzene rings is 1. The molecule has 1 atom stereocenters. The van der Waals surface area contributed by atoms with Crippen LogP contribution in [0.1, 0.15) is 11.7 Å². The first-order valence-electron chi connectivity index (χ1n) is 3.94. The van der Waals surface area contributed by atoms with Crippen LogP contribution in [0.25, 0.3) is 0 Å². The van der Waals surface area contributed by atoms with Crippen molar-refractivity contribution in [1.82, 2.24) is 0 Å². The largest absolute Gasteiger partial charge is 0.494 e. The van der Waals surface area contributed by atoms with E-state index < -0.39 is 16.8 Å². The average molecular weight is 285 g/mol. The van der Waals surface area contributed by atoms with Crippen molar-refractivity contribution >= 4 is 15.9 Å². The molecule has 0 aliphatic rings. The van der Waals surface area contributed by atoms with E-state index in [0.717, 1.165) is 6.07 Å². The van der Waals surface area contributed by atoms with Crippen LogP contribution < -0.4 is 4.74 Å². The summed E-state index contributed by atoms with van der Waals surface area (Å²) in [6.07, 6.45) is -2.10. The highest BCUT2D eigenvalue weighted by atomic mass is 79.9. The van der Waals surface area contributed by atoms with Crippen molar-refractivity contribution in [3.05, 3.63) is 29.6 Å². The number of hydrogen-bond donors (Lipinski definition) is 1. The number of halogens is 4. The molecule has 0 radical (unpaired) electrons. The molecule has 0 saturated heterocycles. The smallest absolute Gasteiger partial charge is 0.330 e. The van der Waals surface area contributed by atoms with E-state index in [9.17, 15) is 13.2 Å². The Bertz CT molecular complexity index is 352. The molecule has 0 saturated carbocycles. The summed E-state index contributed by atoms with van der Waals surface area (Å²) in [5.41, 5.74) is -0.227. The fraction of sp³-hybridized carbons (Fsp3) is 0.333. The van der Waals surface area contributed by atoms with Crippen LogP contribution in [0.4, 0.5) is 13.2 Å². The number of aliphatic hydroxyl groups is 1. The fourth-order valence-corrected chi connectivity index (χ4v) is 1.31. The fourth-order valence-electron chi connectivity index (χ4n) is 1.04. The Balaban J connectivity index is 3.02. The molecule has 0 aliphatic carbocycles. The molecule has 1 unspecified atom stereocenters. The molecule has 1 rings (SSSR count). The molecule has 0 aliphatic heterocycles. The van der Waals surface area contributed by atoms with Gasteiger partial charge in [-0.1, -0.05) is 6.07 Å². The predicted octanol–water partition coefficient (Wildman–Crippen LogP) is 2.86. The highest BCUT2D eigenvalue weighted by Crippen LogP contribution is 2.37. The van der Waals surface area contributed by atoms with Crippen molar-refractivity contribution < 1.29 is 23.0 Å². The van der Waals surface area contributed by atoms with Gasteiger partial charge in [0.2, 0.25) is 0 Å². The van der Waals surface area contributed by atoms with Crippen LogP contribution in [-0.2, 0) is 0 Å². The Morgan fingerprint density at radius 2 is 2.07 bits per heavy atom. The first-order chi connectivity index (χ1) is 6.86. The SMILES string of the molecule is COc1ccc(C(O)C(F)(F)Br)cc1F. The second-order valence-electron chi connectivity index (χ2n) is 2.84. The second-order valence-corrected chi connectivity index (χ2v) is 3.90. The predicted molar refractivity (Wildman–Crippen MR) is 51.8 cm³/mol. The van der Waals surface area contributed by atoms with Crippen molar-refractivity contribution in [3.8, 4) is 5.75 Å². The van der Waals surface area contributed by atoms with Crippen LogP contribution in [0.5, 0.6) is 5.75 Å². The van der Waals surface area contributed by atoms with E-state index in [1.54, 1.807) is 0 Å². The van der Waals surface area contributed by atoms with Gasteiger partial charge in [0.1, 0.15) is 0 Å². The van der Waals surface area contributed by atoms with E-state index in [2.05, 4.69) is 4.74 Å². The van der Waals surface area contributed by atoms with E-state index in [1.165, 1.54) is 19.2 Å². The van der Waals surface area contributed by atoms with E-state index in [-0.39, 0.29) is 11.3 Å². The highest BCUT2D eigenvalue weighted by molar-refractivity contribution is 9.10.